The van der Waals surface area contributed by atoms with Gasteiger partial charge in [-0.15, -0.1) is 0 Å². The second-order valence-electron chi connectivity index (χ2n) is 7.81. The summed E-state index contributed by atoms with van der Waals surface area (Å²) in [5.74, 6) is 0. The van der Waals surface area contributed by atoms with Crippen molar-refractivity contribution in [3.8, 4) is 0 Å². The highest BCUT2D eigenvalue weighted by atomic mass is 15.1. The van der Waals surface area contributed by atoms with Crippen LogP contribution in [-0.4, -0.2) is 13.1 Å². The van der Waals surface area contributed by atoms with E-state index in [1.807, 2.05) is 0 Å². The zero-order chi connectivity index (χ0) is 14.0. The maximum Gasteiger partial charge on any atom is 0.0366 e. The van der Waals surface area contributed by atoms with E-state index in [9.17, 15) is 0 Å². The summed E-state index contributed by atoms with van der Waals surface area (Å²) in [7, 11) is 0. The van der Waals surface area contributed by atoms with Crippen molar-refractivity contribution in [1.82, 2.24) is 0 Å². The van der Waals surface area contributed by atoms with Gasteiger partial charge in [0.25, 0.3) is 0 Å². The molecule has 0 atom stereocenters. The molecule has 0 fully saturated rings. The van der Waals surface area contributed by atoms with Gasteiger partial charge in [0, 0.05) is 18.8 Å². The number of rotatable bonds is 3. The van der Waals surface area contributed by atoms with Crippen LogP contribution in [0.2, 0.25) is 0 Å². The van der Waals surface area contributed by atoms with E-state index in [2.05, 4.69) is 77.6 Å². The fourth-order valence-electron chi connectivity index (χ4n) is 2.14. The largest absolute Gasteiger partial charge is 0.370 e. The SMILES string of the molecule is Cc1ccc(N(CC(C)(C)C)CC(C)(C)C)cc1. The summed E-state index contributed by atoms with van der Waals surface area (Å²) < 4.78 is 0. The van der Waals surface area contributed by atoms with Gasteiger partial charge in [-0.1, -0.05) is 59.2 Å². The van der Waals surface area contributed by atoms with E-state index in [4.69, 9.17) is 0 Å². The summed E-state index contributed by atoms with van der Waals surface area (Å²) >= 11 is 0. The summed E-state index contributed by atoms with van der Waals surface area (Å²) in [6.07, 6.45) is 0. The highest BCUT2D eigenvalue weighted by molar-refractivity contribution is 5.48. The Balaban J connectivity index is 2.93. The molecule has 0 radical (unpaired) electrons. The monoisotopic (exact) mass is 247 g/mol. The zero-order valence-corrected chi connectivity index (χ0v) is 13.2. The second-order valence-corrected chi connectivity index (χ2v) is 7.81. The minimum absolute atomic E-state index is 0.316. The lowest BCUT2D eigenvalue weighted by Gasteiger charge is -2.36. The van der Waals surface area contributed by atoms with Crippen molar-refractivity contribution in [3.05, 3.63) is 29.8 Å². The summed E-state index contributed by atoms with van der Waals surface area (Å²) in [4.78, 5) is 2.51. The molecule has 18 heavy (non-hydrogen) atoms. The number of hydrogen-bond acceptors (Lipinski definition) is 1. The molecule has 0 bridgehead atoms. The maximum absolute atomic E-state index is 2.51. The number of anilines is 1. The van der Waals surface area contributed by atoms with E-state index in [1.54, 1.807) is 0 Å². The zero-order valence-electron chi connectivity index (χ0n) is 13.2. The average Bonchev–Trinajstić information content (AvgIpc) is 2.13. The molecule has 0 aliphatic rings. The number of nitrogens with zero attached hydrogens (tertiary/aromatic N) is 1. The van der Waals surface area contributed by atoms with Crippen molar-refractivity contribution in [2.24, 2.45) is 10.8 Å². The molecule has 1 nitrogen and oxygen atoms in total. The van der Waals surface area contributed by atoms with Crippen LogP contribution in [0.25, 0.3) is 0 Å². The number of benzene rings is 1. The number of hydrogen-bond donors (Lipinski definition) is 0. The number of aryl methyl sites for hydroxylation is 1. The van der Waals surface area contributed by atoms with Gasteiger partial charge in [-0.3, -0.25) is 0 Å². The van der Waals surface area contributed by atoms with E-state index in [-0.39, 0.29) is 0 Å². The summed E-state index contributed by atoms with van der Waals surface area (Å²) in [6, 6.07) is 8.89. The molecule has 0 unspecified atom stereocenters. The van der Waals surface area contributed by atoms with E-state index < -0.39 is 0 Å². The lowest BCUT2D eigenvalue weighted by molar-refractivity contribution is 0.357. The molecule has 1 heteroatoms. The fraction of sp³-hybridized carbons (Fsp3) is 0.647. The minimum atomic E-state index is 0.316. The van der Waals surface area contributed by atoms with Crippen LogP contribution < -0.4 is 4.90 Å². The molecule has 0 spiro atoms. The predicted octanol–water partition coefficient (Wildman–Crippen LogP) is 4.89. The molecule has 0 saturated carbocycles. The van der Waals surface area contributed by atoms with Crippen LogP contribution >= 0.6 is 0 Å². The van der Waals surface area contributed by atoms with E-state index in [0.717, 1.165) is 13.1 Å². The molecular weight excluding hydrogens is 218 g/mol. The molecule has 0 saturated heterocycles. The van der Waals surface area contributed by atoms with Crippen molar-refractivity contribution in [2.75, 3.05) is 18.0 Å². The first kappa shape index (κ1) is 15.1. The Morgan fingerprint density at radius 3 is 1.50 bits per heavy atom. The first-order chi connectivity index (χ1) is 8.07. The van der Waals surface area contributed by atoms with E-state index in [1.165, 1.54) is 11.3 Å². The van der Waals surface area contributed by atoms with Gasteiger partial charge < -0.3 is 4.90 Å². The normalized spacial score (nSPS) is 12.6. The van der Waals surface area contributed by atoms with Crippen LogP contribution in [0.5, 0.6) is 0 Å². The van der Waals surface area contributed by atoms with Gasteiger partial charge in [-0.2, -0.15) is 0 Å². The summed E-state index contributed by atoms with van der Waals surface area (Å²) in [5.41, 5.74) is 3.29. The predicted molar refractivity (Wildman–Crippen MR) is 82.3 cm³/mol. The molecule has 0 amide bonds. The first-order valence-corrected chi connectivity index (χ1v) is 6.88. The van der Waals surface area contributed by atoms with Crippen LogP contribution in [0.3, 0.4) is 0 Å². The van der Waals surface area contributed by atoms with E-state index in [0.29, 0.717) is 10.8 Å². The van der Waals surface area contributed by atoms with Crippen molar-refractivity contribution in [2.45, 2.75) is 48.5 Å². The Morgan fingerprint density at radius 2 is 1.17 bits per heavy atom. The van der Waals surface area contributed by atoms with Crippen LogP contribution in [0.15, 0.2) is 24.3 Å². The fourth-order valence-corrected chi connectivity index (χ4v) is 2.14. The van der Waals surface area contributed by atoms with Crippen LogP contribution in [0, 0.1) is 17.8 Å². The molecule has 1 aromatic carbocycles. The molecule has 1 aromatic rings. The smallest absolute Gasteiger partial charge is 0.0366 e. The lowest BCUT2D eigenvalue weighted by Crippen LogP contribution is -2.38. The molecule has 0 N–H and O–H groups in total. The second kappa shape index (κ2) is 5.34. The third-order valence-electron chi connectivity index (χ3n) is 2.73. The highest BCUT2D eigenvalue weighted by Gasteiger charge is 2.21. The standard InChI is InChI=1S/C17H29N/c1-14-8-10-15(11-9-14)18(12-16(2,3)4)13-17(5,6)7/h8-11H,12-13H2,1-7H3. The van der Waals surface area contributed by atoms with Crippen molar-refractivity contribution in [1.29, 1.82) is 0 Å². The topological polar surface area (TPSA) is 3.24 Å². The van der Waals surface area contributed by atoms with E-state index >= 15 is 0 Å². The van der Waals surface area contributed by atoms with Crippen LogP contribution in [-0.2, 0) is 0 Å². The molecular formula is C17H29N. The first-order valence-electron chi connectivity index (χ1n) is 6.88. The Bertz CT molecular complexity index is 346. The van der Waals surface area contributed by atoms with Crippen LogP contribution in [0.4, 0.5) is 5.69 Å². The summed E-state index contributed by atoms with van der Waals surface area (Å²) in [5, 5.41) is 0. The highest BCUT2D eigenvalue weighted by Crippen LogP contribution is 2.26. The Kier molecular flexibility index (Phi) is 4.47. The van der Waals surface area contributed by atoms with Crippen molar-refractivity contribution >= 4 is 5.69 Å². The maximum atomic E-state index is 2.51. The third-order valence-corrected chi connectivity index (χ3v) is 2.73. The van der Waals surface area contributed by atoms with Gasteiger partial charge in [-0.25, -0.2) is 0 Å². The quantitative estimate of drug-likeness (QED) is 0.735. The molecule has 1 rings (SSSR count). The lowest BCUT2D eigenvalue weighted by atomic mass is 9.91. The molecule has 0 heterocycles. The van der Waals surface area contributed by atoms with Gasteiger partial charge in [0.1, 0.15) is 0 Å². The van der Waals surface area contributed by atoms with Crippen molar-refractivity contribution in [3.63, 3.8) is 0 Å². The summed E-state index contributed by atoms with van der Waals surface area (Å²) in [6.45, 7) is 18.1. The third kappa shape index (κ3) is 5.57. The Labute approximate surface area is 113 Å². The van der Waals surface area contributed by atoms with Gasteiger partial charge in [0.2, 0.25) is 0 Å². The Hall–Kier alpha value is -0.980. The van der Waals surface area contributed by atoms with Gasteiger partial charge in [-0.05, 0) is 29.9 Å². The van der Waals surface area contributed by atoms with Gasteiger partial charge >= 0.3 is 0 Å². The molecule has 0 aliphatic carbocycles. The van der Waals surface area contributed by atoms with Crippen molar-refractivity contribution < 1.29 is 0 Å². The Morgan fingerprint density at radius 1 is 0.778 bits per heavy atom. The molecule has 0 aromatic heterocycles. The average molecular weight is 247 g/mol. The minimum Gasteiger partial charge on any atom is -0.370 e. The molecule has 102 valence electrons. The molecule has 0 aliphatic heterocycles. The van der Waals surface area contributed by atoms with Crippen LogP contribution in [0.1, 0.15) is 47.1 Å². The van der Waals surface area contributed by atoms with Gasteiger partial charge in [0.15, 0.2) is 0 Å². The van der Waals surface area contributed by atoms with Gasteiger partial charge in [0.05, 0.1) is 0 Å².